The van der Waals surface area contributed by atoms with Crippen molar-refractivity contribution in [3.63, 3.8) is 0 Å². The molecule has 1 atom stereocenters. The van der Waals surface area contributed by atoms with Crippen molar-refractivity contribution in [2.75, 3.05) is 19.8 Å². The molecular formula is C19H30N2O3. The van der Waals surface area contributed by atoms with Crippen LogP contribution in [0.2, 0.25) is 0 Å². The first-order chi connectivity index (χ1) is 11.3. The summed E-state index contributed by atoms with van der Waals surface area (Å²) in [6.45, 7) is 12.3. The summed E-state index contributed by atoms with van der Waals surface area (Å²) in [4.78, 5) is 14.5. The number of rotatable bonds is 5. The second-order valence-corrected chi connectivity index (χ2v) is 7.29. The highest BCUT2D eigenvalue weighted by molar-refractivity contribution is 5.82. The molecule has 1 amide bonds. The number of hydrogen-bond donors (Lipinski definition) is 1. The predicted molar refractivity (Wildman–Crippen MR) is 95.3 cm³/mol. The Morgan fingerprint density at radius 3 is 2.21 bits per heavy atom. The molecule has 1 heterocycles. The summed E-state index contributed by atoms with van der Waals surface area (Å²) in [5.74, 6) is 1.54. The quantitative estimate of drug-likeness (QED) is 0.899. The SMILES string of the molecule is CCOc1cc2c(cc1OCC)CN(C(=O)[C@@H](N)C(C)(C)C)CC2. The molecule has 5 nitrogen and oxygen atoms in total. The Balaban J connectivity index is 2.23. The molecule has 0 saturated heterocycles. The Bertz CT molecular complexity index is 593. The van der Waals surface area contributed by atoms with Gasteiger partial charge in [0.25, 0.3) is 0 Å². The average molecular weight is 334 g/mol. The third-order valence-corrected chi connectivity index (χ3v) is 4.39. The highest BCUT2D eigenvalue weighted by atomic mass is 16.5. The minimum Gasteiger partial charge on any atom is -0.490 e. The summed E-state index contributed by atoms with van der Waals surface area (Å²) in [5.41, 5.74) is 8.24. The Hall–Kier alpha value is -1.75. The third-order valence-electron chi connectivity index (χ3n) is 4.39. The van der Waals surface area contributed by atoms with Crippen LogP contribution < -0.4 is 15.2 Å². The van der Waals surface area contributed by atoms with E-state index in [9.17, 15) is 4.79 Å². The van der Waals surface area contributed by atoms with E-state index in [1.54, 1.807) is 0 Å². The van der Waals surface area contributed by atoms with E-state index in [1.807, 2.05) is 45.6 Å². The van der Waals surface area contributed by atoms with E-state index in [4.69, 9.17) is 15.2 Å². The van der Waals surface area contributed by atoms with Gasteiger partial charge in [0.05, 0.1) is 19.3 Å². The molecular weight excluding hydrogens is 304 g/mol. The molecule has 2 N–H and O–H groups in total. The van der Waals surface area contributed by atoms with Crippen LogP contribution in [-0.2, 0) is 17.8 Å². The first kappa shape index (κ1) is 18.6. The summed E-state index contributed by atoms with van der Waals surface area (Å²) >= 11 is 0. The summed E-state index contributed by atoms with van der Waals surface area (Å²) < 4.78 is 11.4. The largest absolute Gasteiger partial charge is 0.490 e. The lowest BCUT2D eigenvalue weighted by atomic mass is 9.86. The van der Waals surface area contributed by atoms with E-state index >= 15 is 0 Å². The summed E-state index contributed by atoms with van der Waals surface area (Å²) in [6.07, 6.45) is 0.810. The molecule has 134 valence electrons. The molecule has 0 aliphatic carbocycles. The number of benzene rings is 1. The van der Waals surface area contributed by atoms with Gasteiger partial charge >= 0.3 is 0 Å². The lowest BCUT2D eigenvalue weighted by Gasteiger charge is -2.35. The van der Waals surface area contributed by atoms with Crippen LogP contribution in [0.3, 0.4) is 0 Å². The second-order valence-electron chi connectivity index (χ2n) is 7.29. The summed E-state index contributed by atoms with van der Waals surface area (Å²) in [7, 11) is 0. The number of ether oxygens (including phenoxy) is 2. The standard InChI is InChI=1S/C19H30N2O3/c1-6-23-15-10-13-8-9-21(18(22)17(20)19(3,4)5)12-14(13)11-16(15)24-7-2/h10-11,17H,6-9,12,20H2,1-5H3/t17-/m1/s1. The molecule has 0 bridgehead atoms. The zero-order valence-corrected chi connectivity index (χ0v) is 15.5. The molecule has 0 saturated carbocycles. The Kier molecular flexibility index (Phi) is 5.75. The van der Waals surface area contributed by atoms with Crippen molar-refractivity contribution < 1.29 is 14.3 Å². The van der Waals surface area contributed by atoms with Gasteiger partial charge in [0.1, 0.15) is 0 Å². The van der Waals surface area contributed by atoms with Crippen molar-refractivity contribution in [2.24, 2.45) is 11.1 Å². The van der Waals surface area contributed by atoms with Gasteiger partial charge in [0.15, 0.2) is 11.5 Å². The molecule has 24 heavy (non-hydrogen) atoms. The van der Waals surface area contributed by atoms with Gasteiger partial charge < -0.3 is 20.1 Å². The molecule has 2 rings (SSSR count). The number of carbonyl (C=O) groups is 1. The normalized spacial score (nSPS) is 15.7. The fourth-order valence-electron chi connectivity index (χ4n) is 2.86. The van der Waals surface area contributed by atoms with E-state index in [-0.39, 0.29) is 11.3 Å². The van der Waals surface area contributed by atoms with Crippen molar-refractivity contribution in [1.82, 2.24) is 4.90 Å². The van der Waals surface area contributed by atoms with Gasteiger partial charge in [-0.15, -0.1) is 0 Å². The average Bonchev–Trinajstić information content (AvgIpc) is 2.53. The monoisotopic (exact) mass is 334 g/mol. The van der Waals surface area contributed by atoms with Gasteiger partial charge in [-0.2, -0.15) is 0 Å². The van der Waals surface area contributed by atoms with Gasteiger partial charge in [-0.3, -0.25) is 4.79 Å². The van der Waals surface area contributed by atoms with Crippen molar-refractivity contribution >= 4 is 5.91 Å². The van der Waals surface area contributed by atoms with Crippen molar-refractivity contribution in [3.05, 3.63) is 23.3 Å². The van der Waals surface area contributed by atoms with E-state index in [0.717, 1.165) is 23.5 Å². The number of nitrogens with zero attached hydrogens (tertiary/aromatic N) is 1. The fraction of sp³-hybridized carbons (Fsp3) is 0.632. The Morgan fingerprint density at radius 2 is 1.71 bits per heavy atom. The molecule has 0 unspecified atom stereocenters. The maximum atomic E-state index is 12.7. The van der Waals surface area contributed by atoms with Crippen molar-refractivity contribution in [2.45, 2.75) is 53.6 Å². The topological polar surface area (TPSA) is 64.8 Å². The van der Waals surface area contributed by atoms with E-state index in [1.165, 1.54) is 5.56 Å². The first-order valence-electron chi connectivity index (χ1n) is 8.73. The van der Waals surface area contributed by atoms with Crippen LogP contribution in [-0.4, -0.2) is 36.6 Å². The number of carbonyl (C=O) groups excluding carboxylic acids is 1. The molecule has 1 aliphatic heterocycles. The van der Waals surface area contributed by atoms with Gasteiger partial charge in [-0.25, -0.2) is 0 Å². The number of hydrogen-bond acceptors (Lipinski definition) is 4. The lowest BCUT2D eigenvalue weighted by molar-refractivity contribution is -0.135. The smallest absolute Gasteiger partial charge is 0.240 e. The molecule has 1 aromatic rings. The van der Waals surface area contributed by atoms with Gasteiger partial charge in [0, 0.05) is 13.1 Å². The minimum atomic E-state index is -0.492. The van der Waals surface area contributed by atoms with Crippen LogP contribution in [0.1, 0.15) is 45.7 Å². The zero-order chi connectivity index (χ0) is 17.9. The van der Waals surface area contributed by atoms with Crippen LogP contribution >= 0.6 is 0 Å². The van der Waals surface area contributed by atoms with Gasteiger partial charge in [-0.05, 0) is 48.9 Å². The molecule has 0 aromatic heterocycles. The molecule has 0 spiro atoms. The number of fused-ring (bicyclic) bond motifs is 1. The minimum absolute atomic E-state index is 0.0139. The van der Waals surface area contributed by atoms with Crippen LogP contribution in [0.15, 0.2) is 12.1 Å². The van der Waals surface area contributed by atoms with E-state index < -0.39 is 6.04 Å². The van der Waals surface area contributed by atoms with Gasteiger partial charge in [0.2, 0.25) is 5.91 Å². The first-order valence-corrected chi connectivity index (χ1v) is 8.73. The zero-order valence-electron chi connectivity index (χ0n) is 15.5. The van der Waals surface area contributed by atoms with Crippen LogP contribution in [0.25, 0.3) is 0 Å². The Labute approximate surface area is 145 Å². The predicted octanol–water partition coefficient (Wildman–Crippen LogP) is 2.74. The molecule has 5 heteroatoms. The maximum absolute atomic E-state index is 12.7. The lowest BCUT2D eigenvalue weighted by Crippen LogP contribution is -2.51. The molecule has 1 aliphatic rings. The van der Waals surface area contributed by atoms with Crippen molar-refractivity contribution in [1.29, 1.82) is 0 Å². The third kappa shape index (κ3) is 4.01. The highest BCUT2D eigenvalue weighted by Gasteiger charge is 2.32. The van der Waals surface area contributed by atoms with Crippen LogP contribution in [0.4, 0.5) is 0 Å². The van der Waals surface area contributed by atoms with Crippen LogP contribution in [0, 0.1) is 5.41 Å². The highest BCUT2D eigenvalue weighted by Crippen LogP contribution is 2.34. The molecule has 0 radical (unpaired) electrons. The summed E-state index contributed by atoms with van der Waals surface area (Å²) in [5, 5.41) is 0. The molecule has 0 fully saturated rings. The Morgan fingerprint density at radius 1 is 1.17 bits per heavy atom. The maximum Gasteiger partial charge on any atom is 0.240 e. The number of amides is 1. The van der Waals surface area contributed by atoms with Gasteiger partial charge in [-0.1, -0.05) is 20.8 Å². The van der Waals surface area contributed by atoms with Crippen LogP contribution in [0.5, 0.6) is 11.5 Å². The number of nitrogens with two attached hydrogens (primary N) is 1. The fourth-order valence-corrected chi connectivity index (χ4v) is 2.86. The second kappa shape index (κ2) is 7.43. The molecule has 1 aromatic carbocycles. The summed E-state index contributed by atoms with van der Waals surface area (Å²) in [6, 6.07) is 3.56. The van der Waals surface area contributed by atoms with E-state index in [2.05, 4.69) is 6.07 Å². The van der Waals surface area contributed by atoms with E-state index in [0.29, 0.717) is 26.3 Å². The van der Waals surface area contributed by atoms with Crippen molar-refractivity contribution in [3.8, 4) is 11.5 Å².